The maximum Gasteiger partial charge on any atom is 0.251 e. The zero-order valence-corrected chi connectivity index (χ0v) is 25.8. The Bertz CT molecular complexity index is 1950. The summed E-state index contributed by atoms with van der Waals surface area (Å²) in [5, 5.41) is 17.6. The molecule has 6 rings (SSSR count). The average Bonchev–Trinajstić information content (AvgIpc) is 3.73. The van der Waals surface area contributed by atoms with Gasteiger partial charge in [-0.25, -0.2) is 4.98 Å². The number of benzene rings is 4. The summed E-state index contributed by atoms with van der Waals surface area (Å²) in [7, 11) is 3.20. The quantitative estimate of drug-likeness (QED) is 0.183. The van der Waals surface area contributed by atoms with E-state index in [4.69, 9.17) is 14.5 Å². The van der Waals surface area contributed by atoms with Crippen molar-refractivity contribution < 1.29 is 14.3 Å². The smallest absolute Gasteiger partial charge is 0.251 e. The number of methoxy groups -OCH3 is 2. The first-order chi connectivity index (χ1) is 22.0. The van der Waals surface area contributed by atoms with Crippen LogP contribution in [0.4, 0.5) is 0 Å². The number of ether oxygens (including phenoxy) is 2. The summed E-state index contributed by atoms with van der Waals surface area (Å²) >= 11 is 0. The number of amides is 1. The van der Waals surface area contributed by atoms with Crippen LogP contribution in [0.5, 0.6) is 11.5 Å². The molecule has 6 aromatic rings. The van der Waals surface area contributed by atoms with Gasteiger partial charge in [-0.15, -0.1) is 10.2 Å². The molecule has 0 unspecified atom stereocenters. The van der Waals surface area contributed by atoms with Gasteiger partial charge >= 0.3 is 0 Å². The number of aryl methyl sites for hydroxylation is 2. The van der Waals surface area contributed by atoms with Crippen molar-refractivity contribution in [3.05, 3.63) is 107 Å². The largest absolute Gasteiger partial charge is 0.493 e. The molecule has 0 atom stereocenters. The van der Waals surface area contributed by atoms with Gasteiger partial charge in [-0.2, -0.15) is 5.21 Å². The molecule has 0 saturated heterocycles. The highest BCUT2D eigenvalue weighted by Gasteiger charge is 2.17. The number of hydrogen-bond donors (Lipinski definition) is 2. The number of hydrogen-bond acceptors (Lipinski definition) is 7. The number of carbonyl (C=O) groups is 1. The molecule has 0 fully saturated rings. The number of fused-ring (bicyclic) bond motifs is 1. The van der Waals surface area contributed by atoms with Gasteiger partial charge in [-0.1, -0.05) is 61.5 Å². The van der Waals surface area contributed by atoms with Crippen LogP contribution in [-0.2, 0) is 19.5 Å². The first-order valence-electron chi connectivity index (χ1n) is 14.9. The number of rotatable bonds is 11. The van der Waals surface area contributed by atoms with Crippen LogP contribution in [0.3, 0.4) is 0 Å². The molecule has 45 heavy (non-hydrogen) atoms. The summed E-state index contributed by atoms with van der Waals surface area (Å²) < 4.78 is 13.0. The molecule has 228 valence electrons. The molecule has 2 heterocycles. The highest BCUT2D eigenvalue weighted by molar-refractivity contribution is 5.98. The predicted octanol–water partition coefficient (Wildman–Crippen LogP) is 6.14. The monoisotopic (exact) mass is 601 g/mol. The second-order valence-electron chi connectivity index (χ2n) is 10.9. The highest BCUT2D eigenvalue weighted by atomic mass is 16.5. The van der Waals surface area contributed by atoms with Gasteiger partial charge in [-0.3, -0.25) is 4.79 Å². The molecule has 0 aliphatic rings. The number of nitrogens with one attached hydrogen (secondary N) is 2. The Hall–Kier alpha value is -5.51. The van der Waals surface area contributed by atoms with Gasteiger partial charge in [0.15, 0.2) is 11.5 Å². The lowest BCUT2D eigenvalue weighted by molar-refractivity contribution is 0.0951. The van der Waals surface area contributed by atoms with E-state index in [-0.39, 0.29) is 5.91 Å². The third kappa shape index (κ3) is 6.12. The minimum absolute atomic E-state index is 0.149. The molecule has 0 aliphatic heterocycles. The molecule has 10 heteroatoms. The standard InChI is InChI=1S/C35H35N7O3/c1-5-8-32-37-33-22(2)17-26(35(43)36-20-24-13-16-30(44-3)31(18-24)45-4)19-29(33)42(32)21-23-11-14-25(15-12-23)27-9-6-7-10-28(27)34-38-40-41-39-34/h6-7,9-19H,5,8,20-21H2,1-4H3,(H,36,43)(H,38,39,40,41). The Morgan fingerprint density at radius 2 is 1.67 bits per heavy atom. The number of aromatic nitrogens is 6. The predicted molar refractivity (Wildman–Crippen MR) is 173 cm³/mol. The highest BCUT2D eigenvalue weighted by Crippen LogP contribution is 2.31. The number of imidazole rings is 1. The minimum Gasteiger partial charge on any atom is -0.493 e. The van der Waals surface area contributed by atoms with Gasteiger partial charge in [-0.05, 0) is 70.6 Å². The Kier molecular flexibility index (Phi) is 8.54. The zero-order valence-electron chi connectivity index (χ0n) is 25.8. The van der Waals surface area contributed by atoms with Crippen molar-refractivity contribution in [2.75, 3.05) is 14.2 Å². The van der Waals surface area contributed by atoms with E-state index in [1.807, 2.05) is 55.5 Å². The lowest BCUT2D eigenvalue weighted by Gasteiger charge is -2.13. The van der Waals surface area contributed by atoms with Gasteiger partial charge < -0.3 is 19.4 Å². The molecule has 2 N–H and O–H groups in total. The molecule has 2 aromatic heterocycles. The summed E-state index contributed by atoms with van der Waals surface area (Å²) in [5.74, 6) is 2.68. The number of tetrazole rings is 1. The number of nitrogens with zero attached hydrogens (tertiary/aromatic N) is 5. The van der Waals surface area contributed by atoms with Gasteiger partial charge in [0.05, 0.1) is 25.3 Å². The Morgan fingerprint density at radius 1 is 0.911 bits per heavy atom. The van der Waals surface area contributed by atoms with E-state index in [1.165, 1.54) is 0 Å². The van der Waals surface area contributed by atoms with E-state index in [1.54, 1.807) is 14.2 Å². The summed E-state index contributed by atoms with van der Waals surface area (Å²) in [6, 6.07) is 26.0. The summed E-state index contributed by atoms with van der Waals surface area (Å²) in [4.78, 5) is 18.4. The van der Waals surface area contributed by atoms with E-state index >= 15 is 0 Å². The third-order valence-electron chi connectivity index (χ3n) is 7.88. The second kappa shape index (κ2) is 13.0. The SMILES string of the molecule is CCCc1nc2c(C)cc(C(=O)NCc3ccc(OC)c(OC)c3)cc2n1Cc1ccc(-c2ccccc2-c2nn[nH]n2)cc1. The molecule has 10 nitrogen and oxygen atoms in total. The van der Waals surface area contributed by atoms with Gasteiger partial charge in [0.2, 0.25) is 5.82 Å². The Balaban J connectivity index is 1.27. The molecule has 0 bridgehead atoms. The minimum atomic E-state index is -0.149. The van der Waals surface area contributed by atoms with Crippen molar-refractivity contribution in [2.45, 2.75) is 39.8 Å². The maximum absolute atomic E-state index is 13.4. The fourth-order valence-electron chi connectivity index (χ4n) is 5.62. The summed E-state index contributed by atoms with van der Waals surface area (Å²) in [5.41, 5.74) is 8.48. The van der Waals surface area contributed by atoms with Crippen LogP contribution in [0.15, 0.2) is 78.9 Å². The number of aromatic amines is 1. The first-order valence-corrected chi connectivity index (χ1v) is 14.9. The zero-order chi connectivity index (χ0) is 31.3. The third-order valence-corrected chi connectivity index (χ3v) is 7.88. The fraction of sp³-hybridized carbons (Fsp3) is 0.229. The Labute approximate surface area is 261 Å². The van der Waals surface area contributed by atoms with E-state index in [0.717, 1.165) is 63.1 Å². The topological polar surface area (TPSA) is 120 Å². The molecule has 4 aromatic carbocycles. The van der Waals surface area contributed by atoms with Crippen LogP contribution in [0.2, 0.25) is 0 Å². The molecule has 0 saturated carbocycles. The van der Waals surface area contributed by atoms with E-state index in [0.29, 0.717) is 36.0 Å². The lowest BCUT2D eigenvalue weighted by Crippen LogP contribution is -2.23. The first kappa shape index (κ1) is 29.6. The summed E-state index contributed by atoms with van der Waals surface area (Å²) in [6.45, 7) is 5.16. The molecular weight excluding hydrogens is 566 g/mol. The molecular formula is C35H35N7O3. The second-order valence-corrected chi connectivity index (χ2v) is 10.9. The van der Waals surface area contributed by atoms with Gasteiger partial charge in [0.25, 0.3) is 5.91 Å². The molecule has 0 spiro atoms. The average molecular weight is 602 g/mol. The molecule has 1 amide bonds. The van der Waals surface area contributed by atoms with Gasteiger partial charge in [0.1, 0.15) is 5.82 Å². The van der Waals surface area contributed by atoms with Crippen molar-refractivity contribution in [3.63, 3.8) is 0 Å². The van der Waals surface area contributed by atoms with Crippen molar-refractivity contribution in [3.8, 4) is 34.0 Å². The van der Waals surface area contributed by atoms with Crippen LogP contribution in [-0.4, -0.2) is 50.3 Å². The van der Waals surface area contributed by atoms with Crippen LogP contribution >= 0.6 is 0 Å². The van der Waals surface area contributed by atoms with Gasteiger partial charge in [0, 0.05) is 30.6 Å². The van der Waals surface area contributed by atoms with E-state index in [2.05, 4.69) is 67.8 Å². The van der Waals surface area contributed by atoms with Crippen LogP contribution < -0.4 is 14.8 Å². The van der Waals surface area contributed by atoms with Crippen LogP contribution in [0.25, 0.3) is 33.5 Å². The van der Waals surface area contributed by atoms with Crippen molar-refractivity contribution in [2.24, 2.45) is 0 Å². The van der Waals surface area contributed by atoms with Crippen molar-refractivity contribution in [1.29, 1.82) is 0 Å². The number of carbonyl (C=O) groups excluding carboxylic acids is 1. The Morgan fingerprint density at radius 3 is 2.38 bits per heavy atom. The van der Waals surface area contributed by atoms with Crippen LogP contribution in [0.1, 0.15) is 46.2 Å². The molecule has 0 radical (unpaired) electrons. The van der Waals surface area contributed by atoms with Crippen molar-refractivity contribution >= 4 is 16.9 Å². The molecule has 0 aliphatic carbocycles. The maximum atomic E-state index is 13.4. The summed E-state index contributed by atoms with van der Waals surface area (Å²) in [6.07, 6.45) is 1.80. The lowest BCUT2D eigenvalue weighted by atomic mass is 9.98. The van der Waals surface area contributed by atoms with Crippen LogP contribution in [0, 0.1) is 6.92 Å². The van der Waals surface area contributed by atoms with E-state index in [9.17, 15) is 4.79 Å². The van der Waals surface area contributed by atoms with E-state index < -0.39 is 0 Å². The number of H-pyrrole nitrogens is 1. The fourth-order valence-corrected chi connectivity index (χ4v) is 5.62. The normalized spacial score (nSPS) is 11.1. The van der Waals surface area contributed by atoms with Crippen molar-refractivity contribution in [1.82, 2.24) is 35.5 Å².